The number of hydrazine groups is 1. The van der Waals surface area contributed by atoms with Crippen molar-refractivity contribution in [1.29, 1.82) is 0 Å². The molecule has 5 nitrogen and oxygen atoms in total. The van der Waals surface area contributed by atoms with Gasteiger partial charge in [-0.1, -0.05) is 6.42 Å². The predicted octanol–water partition coefficient (Wildman–Crippen LogP) is 1.10. The molecule has 0 aromatic rings. The Bertz CT molecular complexity index is 284. The normalized spacial score (nSPS) is 22.9. The Hall–Kier alpha value is -0.650. The summed E-state index contributed by atoms with van der Waals surface area (Å²) in [6, 6.07) is 0.828. The smallest absolute Gasteiger partial charge is 0.233 e. The molecule has 0 aromatic heterocycles. The van der Waals surface area contributed by atoms with Crippen molar-refractivity contribution < 1.29 is 4.79 Å². The van der Waals surface area contributed by atoms with Gasteiger partial charge in [0.1, 0.15) is 0 Å². The van der Waals surface area contributed by atoms with E-state index in [-0.39, 0.29) is 5.91 Å². The van der Waals surface area contributed by atoms with Crippen LogP contribution in [0.3, 0.4) is 0 Å². The van der Waals surface area contributed by atoms with E-state index < -0.39 is 0 Å². The molecule has 2 saturated heterocycles. The maximum absolute atomic E-state index is 11.0. The lowest BCUT2D eigenvalue weighted by Gasteiger charge is -2.40. The van der Waals surface area contributed by atoms with E-state index >= 15 is 0 Å². The average molecular weight is 282 g/mol. The highest BCUT2D eigenvalue weighted by Crippen LogP contribution is 2.21. The third kappa shape index (κ3) is 5.04. The van der Waals surface area contributed by atoms with Crippen LogP contribution < -0.4 is 11.3 Å². The first-order valence-electron chi connectivity index (χ1n) is 8.25. The Balaban J connectivity index is 1.56. The topological polar surface area (TPSA) is 61.6 Å². The van der Waals surface area contributed by atoms with E-state index in [0.29, 0.717) is 6.42 Å². The summed E-state index contributed by atoms with van der Waals surface area (Å²) in [5.74, 6) is 5.02. The molecule has 20 heavy (non-hydrogen) atoms. The van der Waals surface area contributed by atoms with Crippen molar-refractivity contribution in [2.75, 3.05) is 32.7 Å². The average Bonchev–Trinajstić information content (AvgIpc) is 2.52. The number of amides is 1. The van der Waals surface area contributed by atoms with Gasteiger partial charge in [0, 0.05) is 12.5 Å². The molecule has 0 unspecified atom stereocenters. The molecule has 0 spiro atoms. The van der Waals surface area contributed by atoms with Crippen molar-refractivity contribution in [2.24, 2.45) is 5.84 Å². The SMILES string of the molecule is NNC(=O)CCCCN1CCC(N2CCCCC2)CC1. The molecular formula is C15H30N4O. The van der Waals surface area contributed by atoms with E-state index in [1.54, 1.807) is 0 Å². The van der Waals surface area contributed by atoms with Crippen molar-refractivity contribution >= 4 is 5.91 Å². The van der Waals surface area contributed by atoms with Crippen LogP contribution in [0.2, 0.25) is 0 Å². The van der Waals surface area contributed by atoms with Gasteiger partial charge in [-0.05, 0) is 71.2 Å². The third-order valence-electron chi connectivity index (χ3n) is 4.75. The van der Waals surface area contributed by atoms with Crippen LogP contribution in [0.1, 0.15) is 51.4 Å². The molecule has 2 aliphatic rings. The van der Waals surface area contributed by atoms with Gasteiger partial charge in [-0.3, -0.25) is 10.2 Å². The minimum atomic E-state index is -0.0474. The van der Waals surface area contributed by atoms with Crippen LogP contribution in [-0.4, -0.2) is 54.5 Å². The van der Waals surface area contributed by atoms with E-state index in [9.17, 15) is 4.79 Å². The number of hydrogen-bond acceptors (Lipinski definition) is 4. The highest BCUT2D eigenvalue weighted by molar-refractivity contribution is 5.75. The number of nitrogens with two attached hydrogens (primary N) is 1. The Morgan fingerprint density at radius 3 is 2.40 bits per heavy atom. The number of rotatable bonds is 6. The van der Waals surface area contributed by atoms with Crippen LogP contribution >= 0.6 is 0 Å². The maximum Gasteiger partial charge on any atom is 0.233 e. The van der Waals surface area contributed by atoms with E-state index in [1.807, 2.05) is 0 Å². The van der Waals surface area contributed by atoms with Gasteiger partial charge in [-0.2, -0.15) is 0 Å². The predicted molar refractivity (Wildman–Crippen MR) is 81.1 cm³/mol. The van der Waals surface area contributed by atoms with Crippen molar-refractivity contribution in [2.45, 2.75) is 57.4 Å². The molecule has 3 N–H and O–H groups in total. The molecule has 0 atom stereocenters. The fourth-order valence-corrected chi connectivity index (χ4v) is 3.48. The van der Waals surface area contributed by atoms with Crippen LogP contribution in [0, 0.1) is 0 Å². The van der Waals surface area contributed by atoms with Crippen molar-refractivity contribution in [3.8, 4) is 0 Å². The van der Waals surface area contributed by atoms with Crippen molar-refractivity contribution in [1.82, 2.24) is 15.2 Å². The van der Waals surface area contributed by atoms with Gasteiger partial charge < -0.3 is 9.80 Å². The largest absolute Gasteiger partial charge is 0.303 e. The van der Waals surface area contributed by atoms with Crippen LogP contribution in [0.4, 0.5) is 0 Å². The third-order valence-corrected chi connectivity index (χ3v) is 4.75. The number of carbonyl (C=O) groups is 1. The van der Waals surface area contributed by atoms with Gasteiger partial charge in [0.2, 0.25) is 5.91 Å². The van der Waals surface area contributed by atoms with Crippen LogP contribution in [0.5, 0.6) is 0 Å². The molecule has 2 heterocycles. The molecule has 0 aliphatic carbocycles. The number of hydrogen-bond donors (Lipinski definition) is 2. The summed E-state index contributed by atoms with van der Waals surface area (Å²) in [6.45, 7) is 6.22. The van der Waals surface area contributed by atoms with Gasteiger partial charge in [0.25, 0.3) is 0 Å². The first kappa shape index (κ1) is 15.7. The maximum atomic E-state index is 11.0. The first-order valence-corrected chi connectivity index (χ1v) is 8.25. The minimum Gasteiger partial charge on any atom is -0.303 e. The fourth-order valence-electron chi connectivity index (χ4n) is 3.48. The van der Waals surface area contributed by atoms with Crippen LogP contribution in [-0.2, 0) is 4.79 Å². The van der Waals surface area contributed by atoms with Crippen LogP contribution in [0.15, 0.2) is 0 Å². The van der Waals surface area contributed by atoms with E-state index in [1.165, 1.54) is 58.3 Å². The number of nitrogens with zero attached hydrogens (tertiary/aromatic N) is 2. The Kier molecular flexibility index (Phi) is 6.76. The number of unbranched alkanes of at least 4 members (excludes halogenated alkanes) is 1. The molecule has 2 fully saturated rings. The molecule has 2 aliphatic heterocycles. The molecule has 5 heteroatoms. The summed E-state index contributed by atoms with van der Waals surface area (Å²) < 4.78 is 0. The van der Waals surface area contributed by atoms with Gasteiger partial charge in [-0.25, -0.2) is 5.84 Å². The van der Waals surface area contributed by atoms with Gasteiger partial charge in [0.15, 0.2) is 0 Å². The number of likely N-dealkylation sites (tertiary alicyclic amines) is 2. The quantitative estimate of drug-likeness (QED) is 0.331. The summed E-state index contributed by atoms with van der Waals surface area (Å²) in [5, 5.41) is 0. The zero-order valence-electron chi connectivity index (χ0n) is 12.6. The molecule has 0 bridgehead atoms. The molecule has 1 amide bonds. The first-order chi connectivity index (χ1) is 9.79. The second-order valence-electron chi connectivity index (χ2n) is 6.19. The standard InChI is InChI=1S/C15H30N4O/c16-17-15(20)6-2-5-9-18-12-7-14(8-13-18)19-10-3-1-4-11-19/h14H,1-13,16H2,(H,17,20). The van der Waals surface area contributed by atoms with Crippen molar-refractivity contribution in [3.63, 3.8) is 0 Å². The Labute approximate surface area is 122 Å². The summed E-state index contributed by atoms with van der Waals surface area (Å²) in [5.41, 5.74) is 2.19. The highest BCUT2D eigenvalue weighted by atomic mass is 16.2. The lowest BCUT2D eigenvalue weighted by atomic mass is 9.99. The number of piperidine rings is 2. The molecular weight excluding hydrogens is 252 g/mol. The lowest BCUT2D eigenvalue weighted by molar-refractivity contribution is -0.121. The lowest BCUT2D eigenvalue weighted by Crippen LogP contribution is -2.46. The van der Waals surface area contributed by atoms with Gasteiger partial charge in [-0.15, -0.1) is 0 Å². The summed E-state index contributed by atoms with van der Waals surface area (Å²) in [7, 11) is 0. The second-order valence-corrected chi connectivity index (χ2v) is 6.19. The van der Waals surface area contributed by atoms with Gasteiger partial charge >= 0.3 is 0 Å². The Morgan fingerprint density at radius 2 is 1.75 bits per heavy atom. The molecule has 2 rings (SSSR count). The monoisotopic (exact) mass is 282 g/mol. The Morgan fingerprint density at radius 1 is 1.05 bits per heavy atom. The summed E-state index contributed by atoms with van der Waals surface area (Å²) >= 11 is 0. The van der Waals surface area contributed by atoms with Crippen LogP contribution in [0.25, 0.3) is 0 Å². The van der Waals surface area contributed by atoms with Crippen molar-refractivity contribution in [3.05, 3.63) is 0 Å². The van der Waals surface area contributed by atoms with E-state index in [2.05, 4.69) is 15.2 Å². The summed E-state index contributed by atoms with van der Waals surface area (Å²) in [4.78, 5) is 16.3. The molecule has 0 saturated carbocycles. The zero-order chi connectivity index (χ0) is 14.2. The second kappa shape index (κ2) is 8.60. The fraction of sp³-hybridized carbons (Fsp3) is 0.933. The van der Waals surface area contributed by atoms with E-state index in [4.69, 9.17) is 5.84 Å². The number of nitrogens with one attached hydrogen (secondary N) is 1. The number of carbonyl (C=O) groups excluding carboxylic acids is 1. The molecule has 0 aromatic carbocycles. The highest BCUT2D eigenvalue weighted by Gasteiger charge is 2.25. The van der Waals surface area contributed by atoms with E-state index in [0.717, 1.165) is 25.4 Å². The van der Waals surface area contributed by atoms with Gasteiger partial charge in [0.05, 0.1) is 0 Å². The minimum absolute atomic E-state index is 0.0474. The zero-order valence-corrected chi connectivity index (χ0v) is 12.6. The molecule has 116 valence electrons. The molecule has 0 radical (unpaired) electrons. The summed E-state index contributed by atoms with van der Waals surface area (Å²) in [6.07, 6.45) is 9.45.